The van der Waals surface area contributed by atoms with Crippen molar-refractivity contribution in [1.82, 2.24) is 15.0 Å². The van der Waals surface area contributed by atoms with E-state index in [1.807, 2.05) is 57.3 Å². The summed E-state index contributed by atoms with van der Waals surface area (Å²) in [5.41, 5.74) is 6.97. The molecule has 0 unspecified atom stereocenters. The predicted octanol–water partition coefficient (Wildman–Crippen LogP) is 4.40. The summed E-state index contributed by atoms with van der Waals surface area (Å²) >= 11 is 0. The van der Waals surface area contributed by atoms with Crippen molar-refractivity contribution in [2.75, 3.05) is 48.3 Å². The van der Waals surface area contributed by atoms with Gasteiger partial charge in [0, 0.05) is 61.9 Å². The standard InChI is InChI=1S/C28H31N7O/c1-18-10-11-21(34-12-14-35(15-13-34)25-16-19(2)30-28(29-4)33-25)17-24(18)31-20(3)26-22-8-6-5-7-9-23(22)32-27(26)36/h5-11,16-17H,12-15H2,1-4H3,(H,32,36)(H,29,30,33). The van der Waals surface area contributed by atoms with Crippen LogP contribution in [0.15, 0.2) is 64.4 Å². The third kappa shape index (κ3) is 4.66. The average molecular weight is 482 g/mol. The highest BCUT2D eigenvalue weighted by atomic mass is 16.1. The zero-order valence-corrected chi connectivity index (χ0v) is 21.2. The van der Waals surface area contributed by atoms with Crippen LogP contribution < -0.4 is 20.7 Å². The van der Waals surface area contributed by atoms with Crippen molar-refractivity contribution < 1.29 is 0 Å². The van der Waals surface area contributed by atoms with Crippen LogP contribution in [-0.4, -0.2) is 53.9 Å². The van der Waals surface area contributed by atoms with Crippen LogP contribution in [0.3, 0.4) is 0 Å². The molecule has 1 saturated heterocycles. The number of aryl methyl sites for hydroxylation is 2. The van der Waals surface area contributed by atoms with E-state index in [0.29, 0.717) is 17.2 Å². The van der Waals surface area contributed by atoms with Gasteiger partial charge in [-0.15, -0.1) is 0 Å². The van der Waals surface area contributed by atoms with Gasteiger partial charge in [-0.2, -0.15) is 4.98 Å². The molecule has 1 aliphatic carbocycles. The maximum absolute atomic E-state index is 12.7. The number of aromatic nitrogens is 3. The minimum atomic E-state index is -0.108. The minimum Gasteiger partial charge on any atom is -0.368 e. The first-order chi connectivity index (χ1) is 17.4. The molecule has 184 valence electrons. The Morgan fingerprint density at radius 3 is 2.50 bits per heavy atom. The van der Waals surface area contributed by atoms with Gasteiger partial charge < -0.3 is 20.1 Å². The number of anilines is 3. The van der Waals surface area contributed by atoms with Gasteiger partial charge in [-0.25, -0.2) is 4.98 Å². The van der Waals surface area contributed by atoms with E-state index in [0.717, 1.165) is 65.9 Å². The molecule has 2 aromatic rings. The lowest BCUT2D eigenvalue weighted by molar-refractivity contribution is 0.646. The van der Waals surface area contributed by atoms with Crippen LogP contribution in [0.25, 0.3) is 11.3 Å². The summed E-state index contributed by atoms with van der Waals surface area (Å²) in [6.45, 7) is 9.46. The number of aliphatic imine (C=N–C) groups is 1. The van der Waals surface area contributed by atoms with Crippen LogP contribution >= 0.6 is 0 Å². The largest absolute Gasteiger partial charge is 0.368 e. The lowest BCUT2D eigenvalue weighted by Gasteiger charge is -2.37. The summed E-state index contributed by atoms with van der Waals surface area (Å²) in [6.07, 6.45) is 0. The Morgan fingerprint density at radius 1 is 0.972 bits per heavy atom. The van der Waals surface area contributed by atoms with Gasteiger partial charge in [0.25, 0.3) is 5.56 Å². The van der Waals surface area contributed by atoms with Gasteiger partial charge in [0.2, 0.25) is 5.95 Å². The maximum Gasteiger partial charge on any atom is 0.258 e. The predicted molar refractivity (Wildman–Crippen MR) is 147 cm³/mol. The smallest absolute Gasteiger partial charge is 0.258 e. The average Bonchev–Trinajstić information content (AvgIpc) is 3.03. The molecule has 2 aliphatic heterocycles. The Labute approximate surface area is 211 Å². The number of aromatic amines is 1. The van der Waals surface area contributed by atoms with E-state index in [4.69, 9.17) is 4.99 Å². The van der Waals surface area contributed by atoms with E-state index < -0.39 is 0 Å². The Morgan fingerprint density at radius 2 is 1.72 bits per heavy atom. The number of rotatable bonds is 5. The Balaban J connectivity index is 1.37. The van der Waals surface area contributed by atoms with Crippen molar-refractivity contribution in [1.29, 1.82) is 0 Å². The molecule has 8 nitrogen and oxygen atoms in total. The maximum atomic E-state index is 12.7. The first-order valence-corrected chi connectivity index (χ1v) is 12.2. The molecule has 1 aromatic heterocycles. The third-order valence-corrected chi connectivity index (χ3v) is 6.66. The summed E-state index contributed by atoms with van der Waals surface area (Å²) in [6, 6.07) is 18.1. The number of H-pyrrole nitrogens is 1. The Bertz CT molecular complexity index is 1450. The van der Waals surface area contributed by atoms with E-state index in [1.54, 1.807) is 0 Å². The van der Waals surface area contributed by atoms with E-state index >= 15 is 0 Å². The monoisotopic (exact) mass is 481 g/mol. The Kier molecular flexibility index (Phi) is 6.41. The molecule has 2 N–H and O–H groups in total. The Hall–Kier alpha value is -4.20. The van der Waals surface area contributed by atoms with E-state index in [2.05, 4.69) is 55.2 Å². The SMILES string of the molecule is CNc1nc(C)cc(N2CCN(c3ccc(C)c(N=C(C)c4c5cccccc-5[nH]c4=O)c3)CC2)n1. The molecular weight excluding hydrogens is 450 g/mol. The van der Waals surface area contributed by atoms with Gasteiger partial charge in [0.1, 0.15) is 5.82 Å². The first-order valence-electron chi connectivity index (χ1n) is 12.2. The second kappa shape index (κ2) is 9.81. The van der Waals surface area contributed by atoms with Gasteiger partial charge in [-0.3, -0.25) is 9.79 Å². The van der Waals surface area contributed by atoms with Gasteiger partial charge in [0.15, 0.2) is 0 Å². The van der Waals surface area contributed by atoms with Crippen molar-refractivity contribution in [2.24, 2.45) is 4.99 Å². The number of nitrogens with one attached hydrogen (secondary N) is 2. The van der Waals surface area contributed by atoms with Gasteiger partial charge in [0.05, 0.1) is 17.0 Å². The molecule has 3 aliphatic rings. The summed E-state index contributed by atoms with van der Waals surface area (Å²) < 4.78 is 0. The quantitative estimate of drug-likeness (QED) is 0.411. The number of nitrogens with zero attached hydrogens (tertiary/aromatic N) is 5. The molecule has 1 aromatic carbocycles. The van der Waals surface area contributed by atoms with Crippen LogP contribution in [0.5, 0.6) is 0 Å². The van der Waals surface area contributed by atoms with E-state index in [-0.39, 0.29) is 5.56 Å². The van der Waals surface area contributed by atoms with Gasteiger partial charge >= 0.3 is 0 Å². The van der Waals surface area contributed by atoms with Crippen LogP contribution in [0.2, 0.25) is 0 Å². The number of benzene rings is 1. The number of hydrogen-bond donors (Lipinski definition) is 2. The normalized spacial score (nSPS) is 14.4. The first kappa shape index (κ1) is 23.5. The molecule has 36 heavy (non-hydrogen) atoms. The number of piperazine rings is 1. The second-order valence-electron chi connectivity index (χ2n) is 9.15. The molecule has 0 bridgehead atoms. The van der Waals surface area contributed by atoms with Crippen molar-refractivity contribution in [3.8, 4) is 11.3 Å². The molecule has 0 saturated carbocycles. The van der Waals surface area contributed by atoms with E-state index in [1.165, 1.54) is 0 Å². The zero-order chi connectivity index (χ0) is 25.2. The van der Waals surface area contributed by atoms with Crippen molar-refractivity contribution in [3.05, 3.63) is 81.8 Å². The lowest BCUT2D eigenvalue weighted by atomic mass is 10.1. The van der Waals surface area contributed by atoms with E-state index in [9.17, 15) is 4.79 Å². The summed E-state index contributed by atoms with van der Waals surface area (Å²) in [5.74, 6) is 1.60. The molecule has 3 heterocycles. The molecule has 1 fully saturated rings. The molecule has 0 amide bonds. The fourth-order valence-electron chi connectivity index (χ4n) is 4.71. The van der Waals surface area contributed by atoms with Crippen molar-refractivity contribution in [3.63, 3.8) is 0 Å². The lowest BCUT2D eigenvalue weighted by Crippen LogP contribution is -2.46. The highest BCUT2D eigenvalue weighted by Gasteiger charge is 2.20. The van der Waals surface area contributed by atoms with Crippen molar-refractivity contribution >= 4 is 28.9 Å². The summed E-state index contributed by atoms with van der Waals surface area (Å²) in [4.78, 5) is 34.3. The minimum absolute atomic E-state index is 0.108. The van der Waals surface area contributed by atoms with Crippen LogP contribution in [0.1, 0.15) is 23.7 Å². The molecule has 5 rings (SSSR count). The zero-order valence-electron chi connectivity index (χ0n) is 21.2. The highest BCUT2D eigenvalue weighted by molar-refractivity contribution is 6.05. The number of hydrogen-bond acceptors (Lipinski definition) is 7. The summed E-state index contributed by atoms with van der Waals surface area (Å²) in [7, 11) is 1.84. The van der Waals surface area contributed by atoms with Gasteiger partial charge in [-0.1, -0.05) is 30.3 Å². The van der Waals surface area contributed by atoms with Crippen LogP contribution in [0.4, 0.5) is 23.1 Å². The van der Waals surface area contributed by atoms with Gasteiger partial charge in [-0.05, 0) is 44.5 Å². The summed E-state index contributed by atoms with van der Waals surface area (Å²) in [5, 5.41) is 3.04. The third-order valence-electron chi connectivity index (χ3n) is 6.66. The number of fused-ring (bicyclic) bond motifs is 1. The second-order valence-corrected chi connectivity index (χ2v) is 9.15. The highest BCUT2D eigenvalue weighted by Crippen LogP contribution is 2.29. The fraction of sp³-hybridized carbons (Fsp3) is 0.286. The van der Waals surface area contributed by atoms with Crippen molar-refractivity contribution in [2.45, 2.75) is 20.8 Å². The molecule has 0 spiro atoms. The van der Waals surface area contributed by atoms with Crippen LogP contribution in [0, 0.1) is 13.8 Å². The molecular formula is C28H31N7O. The molecule has 8 heteroatoms. The topological polar surface area (TPSA) is 89.5 Å². The molecule has 0 radical (unpaired) electrons. The molecule has 0 atom stereocenters. The fourth-order valence-corrected chi connectivity index (χ4v) is 4.71. The van der Waals surface area contributed by atoms with Crippen LogP contribution in [-0.2, 0) is 0 Å².